The van der Waals surface area contributed by atoms with Crippen LogP contribution in [-0.2, 0) is 9.84 Å². The van der Waals surface area contributed by atoms with Crippen LogP contribution in [0.1, 0.15) is 71.6 Å². The van der Waals surface area contributed by atoms with Gasteiger partial charge in [-0.25, -0.2) is 8.42 Å². The summed E-state index contributed by atoms with van der Waals surface area (Å²) in [5.41, 5.74) is 2.21. The van der Waals surface area contributed by atoms with Crippen molar-refractivity contribution in [2.45, 2.75) is 82.6 Å². The van der Waals surface area contributed by atoms with Crippen molar-refractivity contribution >= 4 is 9.84 Å². The molecule has 0 saturated heterocycles. The lowest BCUT2D eigenvalue weighted by molar-refractivity contribution is -0.0122. The van der Waals surface area contributed by atoms with Crippen LogP contribution in [-0.4, -0.2) is 25.4 Å². The average Bonchev–Trinajstić information content (AvgIpc) is 3.10. The zero-order valence-corrected chi connectivity index (χ0v) is 19.9. The minimum Gasteiger partial charge on any atom is -0.393 e. The number of sulfone groups is 1. The standard InChI is InChI=1S/C27H38O3S/c1-26-16-13-25-23(10-8-20-18-21(28)12-15-27(20,25)2)24(26)11-9-19(26)14-17-31(29,30)22-6-4-3-5-7-22/h3-7,13,19-21,23-24,28H,8-12,14-18H2,1-2H3/t19?,20?,21?,23?,24?,26?,27-/m0/s1. The van der Waals surface area contributed by atoms with Crippen molar-refractivity contribution < 1.29 is 13.5 Å². The van der Waals surface area contributed by atoms with Crippen LogP contribution in [0.5, 0.6) is 0 Å². The van der Waals surface area contributed by atoms with Gasteiger partial charge in [0.1, 0.15) is 0 Å². The van der Waals surface area contributed by atoms with Crippen LogP contribution in [0.25, 0.3) is 0 Å². The Hall–Kier alpha value is -1.13. The molecule has 3 fully saturated rings. The largest absolute Gasteiger partial charge is 0.393 e. The highest BCUT2D eigenvalue weighted by molar-refractivity contribution is 7.91. The molecule has 4 aliphatic carbocycles. The minimum absolute atomic E-state index is 0.105. The predicted molar refractivity (Wildman–Crippen MR) is 124 cm³/mol. The van der Waals surface area contributed by atoms with E-state index in [1.165, 1.54) is 25.7 Å². The first-order chi connectivity index (χ1) is 14.7. The van der Waals surface area contributed by atoms with Gasteiger partial charge in [0.25, 0.3) is 0 Å². The Balaban J connectivity index is 1.34. The fourth-order valence-electron chi connectivity index (χ4n) is 8.12. The summed E-state index contributed by atoms with van der Waals surface area (Å²) >= 11 is 0. The molecule has 0 amide bonds. The average molecular weight is 443 g/mol. The minimum atomic E-state index is -3.21. The van der Waals surface area contributed by atoms with E-state index in [1.807, 2.05) is 18.2 Å². The molecule has 6 unspecified atom stereocenters. The van der Waals surface area contributed by atoms with Crippen molar-refractivity contribution in [2.75, 3.05) is 5.75 Å². The van der Waals surface area contributed by atoms with Crippen LogP contribution in [0.2, 0.25) is 0 Å². The molecule has 0 spiro atoms. The van der Waals surface area contributed by atoms with Crippen molar-refractivity contribution in [3.63, 3.8) is 0 Å². The highest BCUT2D eigenvalue weighted by Gasteiger charge is 2.56. The third-order valence-electron chi connectivity index (χ3n) is 10.0. The Morgan fingerprint density at radius 3 is 2.58 bits per heavy atom. The first kappa shape index (κ1) is 21.7. The van der Waals surface area contributed by atoms with Gasteiger partial charge >= 0.3 is 0 Å². The maximum Gasteiger partial charge on any atom is 0.178 e. The molecule has 4 aliphatic rings. The first-order valence-corrected chi connectivity index (χ1v) is 14.1. The van der Waals surface area contributed by atoms with Crippen LogP contribution in [0.4, 0.5) is 0 Å². The highest BCUT2D eigenvalue weighted by Crippen LogP contribution is 2.65. The molecule has 0 radical (unpaired) electrons. The van der Waals surface area contributed by atoms with Crippen LogP contribution in [0, 0.1) is 34.5 Å². The SMILES string of the molecule is CC12CC=C3C(CCC4CC(O)CC[C@]34C)C1CCC2CCS(=O)(=O)c1ccccc1. The molecule has 7 atom stereocenters. The van der Waals surface area contributed by atoms with Gasteiger partial charge in [0.2, 0.25) is 0 Å². The lowest BCUT2D eigenvalue weighted by atomic mass is 9.48. The fraction of sp³-hybridized carbons (Fsp3) is 0.704. The third kappa shape index (κ3) is 3.53. The summed E-state index contributed by atoms with van der Waals surface area (Å²) < 4.78 is 25.8. The van der Waals surface area contributed by atoms with Gasteiger partial charge in [-0.3, -0.25) is 0 Å². The highest BCUT2D eigenvalue weighted by atomic mass is 32.2. The maximum atomic E-state index is 12.9. The molecule has 1 aromatic rings. The van der Waals surface area contributed by atoms with Gasteiger partial charge in [-0.2, -0.15) is 0 Å². The van der Waals surface area contributed by atoms with E-state index >= 15 is 0 Å². The molecule has 0 heterocycles. The lowest BCUT2D eigenvalue weighted by Gasteiger charge is -2.56. The van der Waals surface area contributed by atoms with Crippen LogP contribution in [0.3, 0.4) is 0 Å². The lowest BCUT2D eigenvalue weighted by Crippen LogP contribution is -2.48. The van der Waals surface area contributed by atoms with E-state index in [2.05, 4.69) is 19.9 Å². The Morgan fingerprint density at radius 1 is 1.03 bits per heavy atom. The molecule has 1 N–H and O–H groups in total. The summed E-state index contributed by atoms with van der Waals surface area (Å²) in [5, 5.41) is 10.2. The normalized spacial score (nSPS) is 42.3. The van der Waals surface area contributed by atoms with Crippen LogP contribution < -0.4 is 0 Å². The van der Waals surface area contributed by atoms with E-state index in [4.69, 9.17) is 0 Å². The molecular weight excluding hydrogens is 404 g/mol. The van der Waals surface area contributed by atoms with E-state index < -0.39 is 9.84 Å². The zero-order chi connectivity index (χ0) is 21.9. The molecule has 0 aromatic heterocycles. The van der Waals surface area contributed by atoms with E-state index in [1.54, 1.807) is 17.7 Å². The van der Waals surface area contributed by atoms with Crippen molar-refractivity contribution in [3.8, 4) is 0 Å². The maximum absolute atomic E-state index is 12.9. The van der Waals surface area contributed by atoms with Crippen molar-refractivity contribution in [2.24, 2.45) is 34.5 Å². The van der Waals surface area contributed by atoms with E-state index in [0.29, 0.717) is 28.6 Å². The van der Waals surface area contributed by atoms with Gasteiger partial charge in [0, 0.05) is 0 Å². The van der Waals surface area contributed by atoms with Crippen molar-refractivity contribution in [3.05, 3.63) is 42.0 Å². The topological polar surface area (TPSA) is 54.4 Å². The Bertz CT molecular complexity index is 952. The number of aliphatic hydroxyl groups excluding tert-OH is 1. The van der Waals surface area contributed by atoms with Crippen LogP contribution in [0.15, 0.2) is 46.9 Å². The van der Waals surface area contributed by atoms with Crippen molar-refractivity contribution in [1.82, 2.24) is 0 Å². The smallest absolute Gasteiger partial charge is 0.178 e. The molecule has 170 valence electrons. The van der Waals surface area contributed by atoms with E-state index in [9.17, 15) is 13.5 Å². The summed E-state index contributed by atoms with van der Waals surface area (Å²) in [4.78, 5) is 0.464. The molecule has 0 bridgehead atoms. The number of hydrogen-bond donors (Lipinski definition) is 1. The predicted octanol–water partition coefficient (Wildman–Crippen LogP) is 5.79. The summed E-state index contributed by atoms with van der Waals surface area (Å²) in [6, 6.07) is 8.95. The van der Waals surface area contributed by atoms with Gasteiger partial charge in [0.05, 0.1) is 16.8 Å². The number of hydrogen-bond acceptors (Lipinski definition) is 3. The summed E-state index contributed by atoms with van der Waals surface area (Å²) in [6.07, 6.45) is 12.3. The van der Waals surface area contributed by atoms with Crippen molar-refractivity contribution in [1.29, 1.82) is 0 Å². The molecule has 3 saturated carbocycles. The molecule has 4 heteroatoms. The molecule has 1 aromatic carbocycles. The van der Waals surface area contributed by atoms with Gasteiger partial charge in [0.15, 0.2) is 9.84 Å². The molecule has 5 rings (SSSR count). The quantitative estimate of drug-likeness (QED) is 0.601. The van der Waals surface area contributed by atoms with Crippen LogP contribution >= 0.6 is 0 Å². The second kappa shape index (κ2) is 7.73. The van der Waals surface area contributed by atoms with Gasteiger partial charge in [-0.1, -0.05) is 43.7 Å². The zero-order valence-electron chi connectivity index (χ0n) is 19.1. The number of rotatable bonds is 4. The Morgan fingerprint density at radius 2 is 1.81 bits per heavy atom. The number of benzene rings is 1. The Labute approximate surface area is 188 Å². The monoisotopic (exact) mass is 442 g/mol. The van der Waals surface area contributed by atoms with Gasteiger partial charge < -0.3 is 5.11 Å². The second-order valence-electron chi connectivity index (χ2n) is 11.4. The van der Waals surface area contributed by atoms with Gasteiger partial charge in [-0.15, -0.1) is 0 Å². The molecule has 3 nitrogen and oxygen atoms in total. The molecule has 31 heavy (non-hydrogen) atoms. The fourth-order valence-corrected chi connectivity index (χ4v) is 9.53. The Kier molecular flexibility index (Phi) is 5.41. The number of aliphatic hydroxyl groups is 1. The third-order valence-corrected chi connectivity index (χ3v) is 11.8. The van der Waals surface area contributed by atoms with Gasteiger partial charge in [-0.05, 0) is 104 Å². The first-order valence-electron chi connectivity index (χ1n) is 12.4. The number of fused-ring (bicyclic) bond motifs is 5. The molecular formula is C27H38O3S. The summed E-state index contributed by atoms with van der Waals surface area (Å²) in [5.74, 6) is 2.76. The summed E-state index contributed by atoms with van der Waals surface area (Å²) in [7, 11) is -3.21. The van der Waals surface area contributed by atoms with E-state index in [-0.39, 0.29) is 22.7 Å². The number of allylic oxidation sites excluding steroid dienone is 2. The molecule has 0 aliphatic heterocycles. The van der Waals surface area contributed by atoms with E-state index in [0.717, 1.165) is 32.1 Å². The second-order valence-corrected chi connectivity index (χ2v) is 13.5. The summed E-state index contributed by atoms with van der Waals surface area (Å²) in [6.45, 7) is 4.93.